The lowest BCUT2D eigenvalue weighted by atomic mass is 10.2. The number of anilines is 2. The van der Waals surface area contributed by atoms with Gasteiger partial charge in [0.05, 0.1) is 19.0 Å². The molecule has 0 fully saturated rings. The molecule has 160 valence electrons. The Bertz CT molecular complexity index is 1080. The lowest BCUT2D eigenvalue weighted by molar-refractivity contribution is -0.118. The van der Waals surface area contributed by atoms with E-state index in [2.05, 4.69) is 15.8 Å². The number of hydrazone groups is 1. The second-order valence-electron chi connectivity index (χ2n) is 6.95. The van der Waals surface area contributed by atoms with Crippen LogP contribution < -0.4 is 20.2 Å². The molecule has 0 spiro atoms. The molecule has 3 aromatic carbocycles. The highest BCUT2D eigenvalue weighted by atomic mass is 35.5. The van der Waals surface area contributed by atoms with Gasteiger partial charge in [0.15, 0.2) is 18.1 Å². The SMILES string of the molecule is COc1cc(C=NNc2ccc(C)c(Cl)c2)ccc1OCC(=O)Nc1ccc(C)cc1. The Balaban J connectivity index is 1.57. The smallest absolute Gasteiger partial charge is 0.262 e. The summed E-state index contributed by atoms with van der Waals surface area (Å²) >= 11 is 6.12. The minimum Gasteiger partial charge on any atom is -0.493 e. The fourth-order valence-corrected chi connectivity index (χ4v) is 2.89. The molecule has 1 amide bonds. The zero-order valence-electron chi connectivity index (χ0n) is 17.6. The van der Waals surface area contributed by atoms with Crippen molar-refractivity contribution < 1.29 is 14.3 Å². The summed E-state index contributed by atoms with van der Waals surface area (Å²) in [6.45, 7) is 3.80. The monoisotopic (exact) mass is 437 g/mol. The Hall–Kier alpha value is -3.51. The zero-order chi connectivity index (χ0) is 22.2. The summed E-state index contributed by atoms with van der Waals surface area (Å²) in [5, 5.41) is 7.69. The van der Waals surface area contributed by atoms with Gasteiger partial charge < -0.3 is 14.8 Å². The first-order valence-corrected chi connectivity index (χ1v) is 10.0. The predicted octanol–water partition coefficient (Wildman–Crippen LogP) is 5.43. The summed E-state index contributed by atoms with van der Waals surface area (Å²) in [5.74, 6) is 0.722. The molecule has 7 heteroatoms. The number of methoxy groups -OCH3 is 1. The van der Waals surface area contributed by atoms with Crippen LogP contribution in [-0.2, 0) is 4.79 Å². The van der Waals surface area contributed by atoms with Gasteiger partial charge in [0.25, 0.3) is 5.91 Å². The maximum atomic E-state index is 12.1. The maximum absolute atomic E-state index is 12.1. The van der Waals surface area contributed by atoms with E-state index in [9.17, 15) is 4.79 Å². The van der Waals surface area contributed by atoms with Gasteiger partial charge in [0, 0.05) is 10.7 Å². The molecule has 0 saturated heterocycles. The molecule has 0 radical (unpaired) electrons. The van der Waals surface area contributed by atoms with Gasteiger partial charge in [-0.1, -0.05) is 35.4 Å². The van der Waals surface area contributed by atoms with Gasteiger partial charge in [-0.2, -0.15) is 5.10 Å². The number of nitrogens with one attached hydrogen (secondary N) is 2. The minimum absolute atomic E-state index is 0.132. The molecule has 6 nitrogen and oxygen atoms in total. The van der Waals surface area contributed by atoms with Crippen LogP contribution in [0, 0.1) is 13.8 Å². The second-order valence-corrected chi connectivity index (χ2v) is 7.35. The molecule has 0 unspecified atom stereocenters. The Morgan fingerprint density at radius 3 is 2.45 bits per heavy atom. The van der Waals surface area contributed by atoms with Crippen LogP contribution in [-0.4, -0.2) is 25.8 Å². The summed E-state index contributed by atoms with van der Waals surface area (Å²) in [6, 6.07) is 18.5. The Kier molecular flexibility index (Phi) is 7.51. The number of benzene rings is 3. The molecule has 0 atom stereocenters. The molecule has 0 aliphatic heterocycles. The molecule has 0 bridgehead atoms. The van der Waals surface area contributed by atoms with E-state index in [1.165, 1.54) is 0 Å². The third kappa shape index (κ3) is 6.49. The highest BCUT2D eigenvalue weighted by Gasteiger charge is 2.09. The summed E-state index contributed by atoms with van der Waals surface area (Å²) in [4.78, 5) is 12.1. The van der Waals surface area contributed by atoms with Crippen LogP contribution >= 0.6 is 11.6 Å². The van der Waals surface area contributed by atoms with Crippen molar-refractivity contribution >= 4 is 35.1 Å². The molecular formula is C24H24ClN3O3. The van der Waals surface area contributed by atoms with E-state index in [4.69, 9.17) is 21.1 Å². The van der Waals surface area contributed by atoms with Gasteiger partial charge in [0.2, 0.25) is 0 Å². The third-order valence-electron chi connectivity index (χ3n) is 4.46. The molecule has 0 aliphatic rings. The van der Waals surface area contributed by atoms with Crippen LogP contribution in [0.5, 0.6) is 11.5 Å². The van der Waals surface area contributed by atoms with Gasteiger partial charge in [-0.05, 0) is 67.4 Å². The van der Waals surface area contributed by atoms with Crippen molar-refractivity contribution in [3.8, 4) is 11.5 Å². The fraction of sp³-hybridized carbons (Fsp3) is 0.167. The molecule has 3 aromatic rings. The van der Waals surface area contributed by atoms with Gasteiger partial charge in [-0.25, -0.2) is 0 Å². The summed E-state index contributed by atoms with van der Waals surface area (Å²) < 4.78 is 11.0. The number of rotatable bonds is 8. The lowest BCUT2D eigenvalue weighted by Crippen LogP contribution is -2.20. The van der Waals surface area contributed by atoms with E-state index in [1.54, 1.807) is 25.5 Å². The van der Waals surface area contributed by atoms with Crippen LogP contribution in [0.4, 0.5) is 11.4 Å². The van der Waals surface area contributed by atoms with Crippen molar-refractivity contribution in [3.63, 3.8) is 0 Å². The number of carbonyl (C=O) groups excluding carboxylic acids is 1. The summed E-state index contributed by atoms with van der Waals surface area (Å²) in [7, 11) is 1.54. The standard InChI is InChI=1S/C24H24ClN3O3/c1-16-4-8-19(9-5-16)27-24(29)15-31-22-11-7-18(12-23(22)30-3)14-26-28-20-10-6-17(2)21(25)13-20/h4-14,28H,15H2,1-3H3,(H,27,29). The van der Waals surface area contributed by atoms with Crippen molar-refractivity contribution in [2.75, 3.05) is 24.5 Å². The largest absolute Gasteiger partial charge is 0.493 e. The predicted molar refractivity (Wildman–Crippen MR) is 126 cm³/mol. The first-order valence-electron chi connectivity index (χ1n) is 9.67. The van der Waals surface area contributed by atoms with Crippen LogP contribution in [0.3, 0.4) is 0 Å². The molecular weight excluding hydrogens is 414 g/mol. The van der Waals surface area contributed by atoms with Crippen molar-refractivity contribution in [1.29, 1.82) is 0 Å². The number of hydrogen-bond acceptors (Lipinski definition) is 5. The van der Waals surface area contributed by atoms with Crippen LogP contribution in [0.2, 0.25) is 5.02 Å². The van der Waals surface area contributed by atoms with Crippen molar-refractivity contribution in [3.05, 3.63) is 82.4 Å². The van der Waals surface area contributed by atoms with E-state index >= 15 is 0 Å². The number of carbonyl (C=O) groups is 1. The van der Waals surface area contributed by atoms with E-state index < -0.39 is 0 Å². The van der Waals surface area contributed by atoms with Crippen molar-refractivity contribution in [2.24, 2.45) is 5.10 Å². The minimum atomic E-state index is -0.252. The number of halogens is 1. The Morgan fingerprint density at radius 1 is 1.00 bits per heavy atom. The van der Waals surface area contributed by atoms with E-state index in [1.807, 2.05) is 62.4 Å². The fourth-order valence-electron chi connectivity index (χ4n) is 2.70. The average molecular weight is 438 g/mol. The highest BCUT2D eigenvalue weighted by molar-refractivity contribution is 6.31. The van der Waals surface area contributed by atoms with E-state index in [0.717, 1.165) is 28.1 Å². The normalized spacial score (nSPS) is 10.7. The highest BCUT2D eigenvalue weighted by Crippen LogP contribution is 2.27. The molecule has 0 heterocycles. The second kappa shape index (κ2) is 10.5. The number of nitrogens with zero attached hydrogens (tertiary/aromatic N) is 1. The van der Waals surface area contributed by atoms with Gasteiger partial charge in [-0.15, -0.1) is 0 Å². The van der Waals surface area contributed by atoms with Gasteiger partial charge in [0.1, 0.15) is 0 Å². The Labute approximate surface area is 186 Å². The zero-order valence-corrected chi connectivity index (χ0v) is 18.4. The lowest BCUT2D eigenvalue weighted by Gasteiger charge is -2.11. The topological polar surface area (TPSA) is 71.9 Å². The summed E-state index contributed by atoms with van der Waals surface area (Å²) in [6.07, 6.45) is 1.66. The molecule has 0 aliphatic carbocycles. The molecule has 0 aromatic heterocycles. The molecule has 0 saturated carbocycles. The van der Waals surface area contributed by atoms with Crippen LogP contribution in [0.25, 0.3) is 0 Å². The first-order chi connectivity index (χ1) is 14.9. The number of amides is 1. The molecule has 3 rings (SSSR count). The number of hydrogen-bond donors (Lipinski definition) is 2. The quantitative estimate of drug-likeness (QED) is 0.364. The Morgan fingerprint density at radius 2 is 1.74 bits per heavy atom. The summed E-state index contributed by atoms with van der Waals surface area (Å²) in [5.41, 5.74) is 7.39. The van der Waals surface area contributed by atoms with E-state index in [0.29, 0.717) is 16.5 Å². The average Bonchev–Trinajstić information content (AvgIpc) is 2.76. The van der Waals surface area contributed by atoms with E-state index in [-0.39, 0.29) is 12.5 Å². The van der Waals surface area contributed by atoms with Crippen LogP contribution in [0.15, 0.2) is 65.8 Å². The number of aryl methyl sites for hydroxylation is 2. The third-order valence-corrected chi connectivity index (χ3v) is 4.87. The van der Waals surface area contributed by atoms with Crippen LogP contribution in [0.1, 0.15) is 16.7 Å². The van der Waals surface area contributed by atoms with Gasteiger partial charge in [-0.3, -0.25) is 10.2 Å². The first kappa shape index (κ1) is 22.2. The molecule has 2 N–H and O–H groups in total. The maximum Gasteiger partial charge on any atom is 0.262 e. The van der Waals surface area contributed by atoms with Crippen molar-refractivity contribution in [1.82, 2.24) is 0 Å². The number of ether oxygens (including phenoxy) is 2. The van der Waals surface area contributed by atoms with Crippen molar-refractivity contribution in [2.45, 2.75) is 13.8 Å². The van der Waals surface area contributed by atoms with Gasteiger partial charge >= 0.3 is 0 Å². The molecule has 31 heavy (non-hydrogen) atoms.